The van der Waals surface area contributed by atoms with Gasteiger partial charge in [-0.1, -0.05) is 24.3 Å². The van der Waals surface area contributed by atoms with Crippen LogP contribution in [0.5, 0.6) is 0 Å². The van der Waals surface area contributed by atoms with Crippen LogP contribution in [-0.2, 0) is 11.3 Å². The summed E-state index contributed by atoms with van der Waals surface area (Å²) >= 11 is 0. The Morgan fingerprint density at radius 1 is 1.58 bits per heavy atom. The summed E-state index contributed by atoms with van der Waals surface area (Å²) in [5.74, 6) is 0.0313. The molecule has 0 saturated heterocycles. The summed E-state index contributed by atoms with van der Waals surface area (Å²) in [6, 6.07) is 8.60. The number of carbonyl (C=O) groups is 1. The topological polar surface area (TPSA) is 44.4 Å². The Bertz CT molecular complexity index is 458. The minimum atomic E-state index is 0.0313. The molecule has 2 rings (SSSR count). The maximum absolute atomic E-state index is 11.9. The van der Waals surface area contributed by atoms with E-state index in [1.807, 2.05) is 12.1 Å². The van der Waals surface area contributed by atoms with Crippen LogP contribution in [0.3, 0.4) is 0 Å². The molecule has 1 heterocycles. The number of carbonyl (C=O) groups excluding carboxylic acids is 1. The number of benzene rings is 1. The van der Waals surface area contributed by atoms with Crippen molar-refractivity contribution in [1.29, 1.82) is 0 Å². The molecule has 4 heteroatoms. The van der Waals surface area contributed by atoms with E-state index in [0.717, 1.165) is 18.8 Å². The molecule has 0 fully saturated rings. The third-order valence-electron chi connectivity index (χ3n) is 3.25. The first-order valence-corrected chi connectivity index (χ1v) is 6.64. The fourth-order valence-electron chi connectivity index (χ4n) is 2.31. The summed E-state index contributed by atoms with van der Waals surface area (Å²) in [5.41, 5.74) is 2.39. The quantitative estimate of drug-likeness (QED) is 0.801. The van der Waals surface area contributed by atoms with Gasteiger partial charge in [-0.05, 0) is 18.6 Å². The SMILES string of the molecule is C=CCNC(=O)CN1CC(C)NCc2ccccc21. The third kappa shape index (κ3) is 3.58. The lowest BCUT2D eigenvalue weighted by molar-refractivity contribution is -0.119. The number of anilines is 1. The van der Waals surface area contributed by atoms with Crippen molar-refractivity contribution in [1.82, 2.24) is 10.6 Å². The van der Waals surface area contributed by atoms with Crippen LogP contribution in [0, 0.1) is 0 Å². The number of hydrogen-bond acceptors (Lipinski definition) is 3. The molecular weight excluding hydrogens is 238 g/mol. The molecule has 19 heavy (non-hydrogen) atoms. The normalized spacial score (nSPS) is 18.4. The van der Waals surface area contributed by atoms with Crippen LogP contribution >= 0.6 is 0 Å². The Balaban J connectivity index is 2.13. The largest absolute Gasteiger partial charge is 0.360 e. The van der Waals surface area contributed by atoms with Crippen molar-refractivity contribution in [3.8, 4) is 0 Å². The molecule has 1 aliphatic heterocycles. The van der Waals surface area contributed by atoms with Gasteiger partial charge in [-0.15, -0.1) is 6.58 Å². The first-order chi connectivity index (χ1) is 9.20. The molecule has 1 unspecified atom stereocenters. The fraction of sp³-hybridized carbons (Fsp3) is 0.400. The van der Waals surface area contributed by atoms with E-state index in [4.69, 9.17) is 0 Å². The Morgan fingerprint density at radius 3 is 3.16 bits per heavy atom. The molecule has 0 saturated carbocycles. The van der Waals surface area contributed by atoms with E-state index >= 15 is 0 Å². The molecule has 0 bridgehead atoms. The highest BCUT2D eigenvalue weighted by atomic mass is 16.2. The number of fused-ring (bicyclic) bond motifs is 1. The van der Waals surface area contributed by atoms with Gasteiger partial charge in [-0.25, -0.2) is 0 Å². The molecule has 0 aromatic heterocycles. The summed E-state index contributed by atoms with van der Waals surface area (Å²) in [6.07, 6.45) is 1.69. The maximum Gasteiger partial charge on any atom is 0.239 e. The highest BCUT2D eigenvalue weighted by molar-refractivity contribution is 5.81. The first-order valence-electron chi connectivity index (χ1n) is 6.64. The Labute approximate surface area is 114 Å². The van der Waals surface area contributed by atoms with Crippen LogP contribution in [0.4, 0.5) is 5.69 Å². The van der Waals surface area contributed by atoms with E-state index in [0.29, 0.717) is 19.1 Å². The van der Waals surface area contributed by atoms with Crippen molar-refractivity contribution in [2.24, 2.45) is 0 Å². The average Bonchev–Trinajstić information content (AvgIpc) is 2.57. The number of nitrogens with one attached hydrogen (secondary N) is 2. The van der Waals surface area contributed by atoms with Crippen LogP contribution < -0.4 is 15.5 Å². The fourth-order valence-corrected chi connectivity index (χ4v) is 2.31. The summed E-state index contributed by atoms with van der Waals surface area (Å²) in [7, 11) is 0. The van der Waals surface area contributed by atoms with Gasteiger partial charge >= 0.3 is 0 Å². The summed E-state index contributed by atoms with van der Waals surface area (Å²) < 4.78 is 0. The molecule has 4 nitrogen and oxygen atoms in total. The molecule has 0 spiro atoms. The highest BCUT2D eigenvalue weighted by Gasteiger charge is 2.20. The Kier molecular flexibility index (Phi) is 4.58. The molecule has 1 amide bonds. The molecule has 1 aromatic carbocycles. The third-order valence-corrected chi connectivity index (χ3v) is 3.25. The van der Waals surface area contributed by atoms with Gasteiger partial charge in [0.15, 0.2) is 0 Å². The minimum absolute atomic E-state index is 0.0313. The second-order valence-electron chi connectivity index (χ2n) is 4.88. The van der Waals surface area contributed by atoms with Crippen molar-refractivity contribution in [2.75, 3.05) is 24.5 Å². The first kappa shape index (κ1) is 13.6. The van der Waals surface area contributed by atoms with Crippen molar-refractivity contribution in [3.05, 3.63) is 42.5 Å². The van der Waals surface area contributed by atoms with Gasteiger partial charge in [0.25, 0.3) is 0 Å². The number of para-hydroxylation sites is 1. The summed E-state index contributed by atoms with van der Waals surface area (Å²) in [6.45, 7) is 8.33. The predicted molar refractivity (Wildman–Crippen MR) is 78.2 cm³/mol. The zero-order chi connectivity index (χ0) is 13.7. The summed E-state index contributed by atoms with van der Waals surface area (Å²) in [4.78, 5) is 14.0. The Hall–Kier alpha value is -1.81. The second kappa shape index (κ2) is 6.38. The van der Waals surface area contributed by atoms with Gasteiger partial charge in [0.2, 0.25) is 5.91 Å². The smallest absolute Gasteiger partial charge is 0.239 e. The van der Waals surface area contributed by atoms with Crippen molar-refractivity contribution >= 4 is 11.6 Å². The highest BCUT2D eigenvalue weighted by Crippen LogP contribution is 2.22. The maximum atomic E-state index is 11.9. The van der Waals surface area contributed by atoms with E-state index in [9.17, 15) is 4.79 Å². The van der Waals surface area contributed by atoms with Crippen molar-refractivity contribution in [2.45, 2.75) is 19.5 Å². The lowest BCUT2D eigenvalue weighted by Crippen LogP contribution is -2.42. The van der Waals surface area contributed by atoms with Crippen molar-refractivity contribution < 1.29 is 4.79 Å². The van der Waals surface area contributed by atoms with E-state index in [-0.39, 0.29) is 5.91 Å². The zero-order valence-corrected chi connectivity index (χ0v) is 11.4. The number of amides is 1. The molecule has 1 atom stereocenters. The number of rotatable bonds is 4. The van der Waals surface area contributed by atoms with Gasteiger partial charge in [0, 0.05) is 31.4 Å². The summed E-state index contributed by atoms with van der Waals surface area (Å²) in [5, 5.41) is 6.28. The van der Waals surface area contributed by atoms with Gasteiger partial charge in [0.05, 0.1) is 6.54 Å². The standard InChI is InChI=1S/C15H21N3O/c1-3-8-16-15(19)11-18-10-12(2)17-9-13-6-4-5-7-14(13)18/h3-7,12,17H,1,8-11H2,2H3,(H,16,19). The van der Waals surface area contributed by atoms with Gasteiger partial charge in [-0.3, -0.25) is 4.79 Å². The van der Waals surface area contributed by atoms with Crippen LogP contribution in [0.1, 0.15) is 12.5 Å². The van der Waals surface area contributed by atoms with Crippen LogP contribution in [0.15, 0.2) is 36.9 Å². The molecule has 1 aliphatic rings. The van der Waals surface area contributed by atoms with E-state index in [1.165, 1.54) is 5.56 Å². The van der Waals surface area contributed by atoms with Gasteiger partial charge in [0.1, 0.15) is 0 Å². The minimum Gasteiger partial charge on any atom is -0.360 e. The van der Waals surface area contributed by atoms with Crippen LogP contribution in [0.2, 0.25) is 0 Å². The predicted octanol–water partition coefficient (Wildman–Crippen LogP) is 1.29. The van der Waals surface area contributed by atoms with Gasteiger partial charge < -0.3 is 15.5 Å². The Morgan fingerprint density at radius 2 is 2.37 bits per heavy atom. The molecule has 0 radical (unpaired) electrons. The lowest BCUT2D eigenvalue weighted by atomic mass is 10.1. The molecular formula is C15H21N3O. The van der Waals surface area contributed by atoms with Crippen LogP contribution in [-0.4, -0.2) is 31.6 Å². The monoisotopic (exact) mass is 259 g/mol. The number of hydrogen-bond donors (Lipinski definition) is 2. The lowest BCUT2D eigenvalue weighted by Gasteiger charge is -2.25. The zero-order valence-electron chi connectivity index (χ0n) is 11.4. The van der Waals surface area contributed by atoms with Gasteiger partial charge in [-0.2, -0.15) is 0 Å². The van der Waals surface area contributed by atoms with Crippen LogP contribution in [0.25, 0.3) is 0 Å². The molecule has 2 N–H and O–H groups in total. The van der Waals surface area contributed by atoms with E-state index in [1.54, 1.807) is 6.08 Å². The van der Waals surface area contributed by atoms with Crippen molar-refractivity contribution in [3.63, 3.8) is 0 Å². The average molecular weight is 259 g/mol. The number of nitrogens with zero attached hydrogens (tertiary/aromatic N) is 1. The molecule has 1 aromatic rings. The second-order valence-corrected chi connectivity index (χ2v) is 4.88. The molecule has 0 aliphatic carbocycles. The molecule has 102 valence electrons. The van der Waals surface area contributed by atoms with E-state index in [2.05, 4.69) is 41.2 Å². The van der Waals surface area contributed by atoms with E-state index < -0.39 is 0 Å².